The number of aliphatic hydroxyl groups excluding tert-OH is 2. The molecule has 2 aromatic rings. The minimum Gasteiger partial charge on any atom is -0.390 e. The summed E-state index contributed by atoms with van der Waals surface area (Å²) in [5, 5.41) is 22.4. The van der Waals surface area contributed by atoms with E-state index in [9.17, 15) is 27.8 Å². The van der Waals surface area contributed by atoms with Gasteiger partial charge >= 0.3 is 0 Å². The molecule has 0 spiro atoms. The summed E-state index contributed by atoms with van der Waals surface area (Å²) in [6, 6.07) is 6.66. The highest BCUT2D eigenvalue weighted by molar-refractivity contribution is 9.10. The van der Waals surface area contributed by atoms with Crippen molar-refractivity contribution in [3.8, 4) is 0 Å². The zero-order valence-electron chi connectivity index (χ0n) is 15.5. The zero-order valence-corrected chi connectivity index (χ0v) is 18.6. The highest BCUT2D eigenvalue weighted by Gasteiger charge is 2.34. The highest BCUT2D eigenvalue weighted by Crippen LogP contribution is 2.26. The van der Waals surface area contributed by atoms with E-state index < -0.39 is 40.0 Å². The SMILES string of the molecule is O=C(Nc1ccc(F)c(Br)c1)c1cc(S(=O)(=O)NC2CCCC(O)C2O)ccc1Cl. The second-order valence-electron chi connectivity index (χ2n) is 6.94. The minimum atomic E-state index is -4.09. The van der Waals surface area contributed by atoms with Crippen molar-refractivity contribution in [2.45, 2.75) is 42.4 Å². The molecule has 1 aliphatic carbocycles. The molecule has 1 amide bonds. The van der Waals surface area contributed by atoms with Crippen LogP contribution in [0.2, 0.25) is 5.02 Å². The van der Waals surface area contributed by atoms with Crippen LogP contribution >= 0.6 is 27.5 Å². The molecule has 3 atom stereocenters. The normalized spacial score (nSPS) is 22.0. The largest absolute Gasteiger partial charge is 0.390 e. The summed E-state index contributed by atoms with van der Waals surface area (Å²) in [4.78, 5) is 12.4. The van der Waals surface area contributed by atoms with Crippen LogP contribution in [0.15, 0.2) is 45.8 Å². The Bertz CT molecular complexity index is 1070. The highest BCUT2D eigenvalue weighted by atomic mass is 79.9. The van der Waals surface area contributed by atoms with Crippen molar-refractivity contribution < 1.29 is 27.8 Å². The van der Waals surface area contributed by atoms with Gasteiger partial charge in [0.25, 0.3) is 5.91 Å². The molecule has 11 heteroatoms. The third-order valence-corrected chi connectivity index (χ3v) is 7.22. The van der Waals surface area contributed by atoms with Crippen LogP contribution in [0.5, 0.6) is 0 Å². The molecule has 1 fully saturated rings. The Kier molecular flexibility index (Phi) is 7.16. The number of carbonyl (C=O) groups excluding carboxylic acids is 1. The minimum absolute atomic E-state index is 0.0285. The number of sulfonamides is 1. The van der Waals surface area contributed by atoms with E-state index in [0.717, 1.165) is 12.1 Å². The van der Waals surface area contributed by atoms with Gasteiger partial charge in [0.05, 0.1) is 38.2 Å². The van der Waals surface area contributed by atoms with Gasteiger partial charge in [0.1, 0.15) is 5.82 Å². The monoisotopic (exact) mass is 520 g/mol. The average molecular weight is 522 g/mol. The molecule has 7 nitrogen and oxygen atoms in total. The number of benzene rings is 2. The van der Waals surface area contributed by atoms with Crippen LogP contribution in [0.1, 0.15) is 29.6 Å². The molecule has 0 heterocycles. The predicted molar refractivity (Wildman–Crippen MR) is 113 cm³/mol. The van der Waals surface area contributed by atoms with Crippen molar-refractivity contribution in [1.29, 1.82) is 0 Å². The summed E-state index contributed by atoms with van der Waals surface area (Å²) in [5.74, 6) is -1.18. The fourth-order valence-electron chi connectivity index (χ4n) is 3.17. The smallest absolute Gasteiger partial charge is 0.257 e. The van der Waals surface area contributed by atoms with E-state index in [1.807, 2.05) is 0 Å². The number of hydrogen-bond acceptors (Lipinski definition) is 5. The van der Waals surface area contributed by atoms with E-state index in [0.29, 0.717) is 19.3 Å². The number of anilines is 1. The molecule has 4 N–H and O–H groups in total. The number of aliphatic hydroxyl groups is 2. The van der Waals surface area contributed by atoms with Crippen molar-refractivity contribution >= 4 is 49.1 Å². The lowest BCUT2D eigenvalue weighted by molar-refractivity contribution is -0.0242. The van der Waals surface area contributed by atoms with Crippen LogP contribution in [-0.4, -0.2) is 42.8 Å². The predicted octanol–water partition coefficient (Wildman–Crippen LogP) is 3.05. The Morgan fingerprint density at radius 2 is 1.90 bits per heavy atom. The van der Waals surface area contributed by atoms with Crippen LogP contribution in [0.25, 0.3) is 0 Å². The van der Waals surface area contributed by atoms with Gasteiger partial charge in [-0.2, -0.15) is 0 Å². The van der Waals surface area contributed by atoms with Crippen LogP contribution < -0.4 is 10.0 Å². The first kappa shape index (κ1) is 23.1. The lowest BCUT2D eigenvalue weighted by atomic mass is 9.91. The van der Waals surface area contributed by atoms with Crippen LogP contribution in [-0.2, 0) is 10.0 Å². The van der Waals surface area contributed by atoms with Gasteiger partial charge in [-0.1, -0.05) is 11.6 Å². The van der Waals surface area contributed by atoms with Crippen molar-refractivity contribution in [1.82, 2.24) is 4.72 Å². The number of carbonyl (C=O) groups is 1. The van der Waals surface area contributed by atoms with E-state index in [-0.39, 0.29) is 25.6 Å². The maximum Gasteiger partial charge on any atom is 0.257 e. The summed E-state index contributed by atoms with van der Waals surface area (Å²) in [6.07, 6.45) is -0.900. The number of hydrogen-bond donors (Lipinski definition) is 4. The number of nitrogens with one attached hydrogen (secondary N) is 2. The lowest BCUT2D eigenvalue weighted by Gasteiger charge is -2.32. The fraction of sp³-hybridized carbons (Fsp3) is 0.316. The molecule has 2 aromatic carbocycles. The van der Waals surface area contributed by atoms with Crippen LogP contribution in [0, 0.1) is 5.82 Å². The number of amides is 1. The summed E-state index contributed by atoms with van der Waals surface area (Å²) in [5.41, 5.74) is 0.194. The van der Waals surface area contributed by atoms with E-state index >= 15 is 0 Å². The summed E-state index contributed by atoms with van der Waals surface area (Å²) in [6.45, 7) is 0. The molecule has 1 aliphatic rings. The summed E-state index contributed by atoms with van der Waals surface area (Å²) < 4.78 is 41.4. The Labute approximate surface area is 186 Å². The standard InChI is InChI=1S/C19H19BrClFN2O5S/c20-13-8-10(4-7-15(13)22)23-19(27)12-9-11(5-6-14(12)21)30(28,29)24-16-2-1-3-17(25)18(16)26/h4-9,16-18,24-26H,1-3H2,(H,23,27). The molecule has 0 bridgehead atoms. The van der Waals surface area contributed by atoms with Gasteiger partial charge in [-0.3, -0.25) is 4.79 Å². The maximum absolute atomic E-state index is 13.4. The quantitative estimate of drug-likeness (QED) is 0.483. The van der Waals surface area contributed by atoms with Gasteiger partial charge in [0.2, 0.25) is 10.0 Å². The Morgan fingerprint density at radius 1 is 1.17 bits per heavy atom. The number of halogens is 3. The van der Waals surface area contributed by atoms with Gasteiger partial charge in [0, 0.05) is 5.69 Å². The Morgan fingerprint density at radius 3 is 2.60 bits per heavy atom. The van der Waals surface area contributed by atoms with Crippen LogP contribution in [0.3, 0.4) is 0 Å². The molecule has 162 valence electrons. The van der Waals surface area contributed by atoms with Gasteiger partial charge < -0.3 is 15.5 Å². The first-order valence-electron chi connectivity index (χ1n) is 9.03. The topological polar surface area (TPSA) is 116 Å². The molecule has 0 saturated heterocycles. The molecule has 3 unspecified atom stereocenters. The third kappa shape index (κ3) is 5.19. The first-order chi connectivity index (χ1) is 14.1. The van der Waals surface area contributed by atoms with Crippen molar-refractivity contribution in [3.05, 3.63) is 57.3 Å². The molecular weight excluding hydrogens is 503 g/mol. The maximum atomic E-state index is 13.4. The molecular formula is C19H19BrClFN2O5S. The molecule has 1 saturated carbocycles. The second-order valence-corrected chi connectivity index (χ2v) is 9.92. The summed E-state index contributed by atoms with van der Waals surface area (Å²) >= 11 is 9.10. The first-order valence-corrected chi connectivity index (χ1v) is 11.7. The molecule has 0 radical (unpaired) electrons. The average Bonchev–Trinajstić information content (AvgIpc) is 2.68. The zero-order chi connectivity index (χ0) is 22.1. The van der Waals surface area contributed by atoms with E-state index in [1.54, 1.807) is 0 Å². The van der Waals surface area contributed by atoms with Crippen molar-refractivity contribution in [2.75, 3.05) is 5.32 Å². The van der Waals surface area contributed by atoms with Gasteiger partial charge in [-0.25, -0.2) is 17.5 Å². The Balaban J connectivity index is 1.83. The summed E-state index contributed by atoms with van der Waals surface area (Å²) in [7, 11) is -4.09. The molecule has 30 heavy (non-hydrogen) atoms. The Hall–Kier alpha value is -1.56. The molecule has 3 rings (SSSR count). The molecule has 0 aromatic heterocycles. The number of rotatable bonds is 5. The van der Waals surface area contributed by atoms with Crippen LogP contribution in [0.4, 0.5) is 10.1 Å². The van der Waals surface area contributed by atoms with E-state index in [2.05, 4.69) is 26.0 Å². The van der Waals surface area contributed by atoms with Gasteiger partial charge in [-0.05, 0) is 71.6 Å². The fourth-order valence-corrected chi connectivity index (χ4v) is 5.06. The molecule has 0 aliphatic heterocycles. The van der Waals surface area contributed by atoms with E-state index in [1.165, 1.54) is 24.3 Å². The lowest BCUT2D eigenvalue weighted by Crippen LogP contribution is -2.50. The third-order valence-electron chi connectivity index (χ3n) is 4.80. The van der Waals surface area contributed by atoms with Gasteiger partial charge in [-0.15, -0.1) is 0 Å². The van der Waals surface area contributed by atoms with E-state index in [4.69, 9.17) is 11.6 Å². The second kappa shape index (κ2) is 9.29. The van der Waals surface area contributed by atoms with Crippen molar-refractivity contribution in [2.24, 2.45) is 0 Å². The van der Waals surface area contributed by atoms with Crippen molar-refractivity contribution in [3.63, 3.8) is 0 Å². The van der Waals surface area contributed by atoms with Gasteiger partial charge in [0.15, 0.2) is 0 Å².